The van der Waals surface area contributed by atoms with Crippen LogP contribution in [0.4, 0.5) is 5.69 Å². The Morgan fingerprint density at radius 2 is 2.47 bits per heavy atom. The van der Waals surface area contributed by atoms with Gasteiger partial charge in [0.2, 0.25) is 0 Å². The van der Waals surface area contributed by atoms with Gasteiger partial charge in [-0.1, -0.05) is 6.07 Å². The summed E-state index contributed by atoms with van der Waals surface area (Å²) in [6.07, 6.45) is 0.222. The normalized spacial score (nSPS) is 19.6. The lowest BCUT2D eigenvalue weighted by molar-refractivity contribution is 0.0340. The molecular weight excluding hydrogens is 214 g/mol. The van der Waals surface area contributed by atoms with Gasteiger partial charge in [-0.15, -0.1) is 0 Å². The zero-order chi connectivity index (χ0) is 12.1. The molecule has 1 fully saturated rings. The topological polar surface area (TPSA) is 48.3 Å². The third-order valence-corrected chi connectivity index (χ3v) is 2.90. The van der Waals surface area contributed by atoms with Gasteiger partial charge >= 0.3 is 0 Å². The zero-order valence-electron chi connectivity index (χ0n) is 10.0. The molecule has 0 amide bonds. The van der Waals surface area contributed by atoms with E-state index in [-0.39, 0.29) is 6.10 Å². The Balaban J connectivity index is 1.98. The minimum atomic E-state index is 0.222. The van der Waals surface area contributed by atoms with Gasteiger partial charge < -0.3 is 15.0 Å². The molecule has 0 aromatic heterocycles. The quantitative estimate of drug-likeness (QED) is 0.842. The molecule has 1 unspecified atom stereocenters. The summed E-state index contributed by atoms with van der Waals surface area (Å²) in [7, 11) is 2.02. The molecule has 0 bridgehead atoms. The van der Waals surface area contributed by atoms with Crippen molar-refractivity contribution in [3.63, 3.8) is 0 Å². The number of likely N-dealkylation sites (N-methyl/N-ethyl adjacent to an activating group) is 1. The number of benzene rings is 1. The monoisotopic (exact) mass is 231 g/mol. The van der Waals surface area contributed by atoms with E-state index in [2.05, 4.69) is 16.3 Å². The van der Waals surface area contributed by atoms with Crippen LogP contribution in [0.5, 0.6) is 0 Å². The van der Waals surface area contributed by atoms with Crippen LogP contribution in [0.2, 0.25) is 0 Å². The fraction of sp³-hybridized carbons (Fsp3) is 0.462. The van der Waals surface area contributed by atoms with Crippen molar-refractivity contribution in [2.24, 2.45) is 0 Å². The number of ether oxygens (including phenoxy) is 1. The highest BCUT2D eigenvalue weighted by Crippen LogP contribution is 2.15. The van der Waals surface area contributed by atoms with Crippen LogP contribution in [0, 0.1) is 11.3 Å². The number of nitriles is 1. The Morgan fingerprint density at radius 3 is 3.18 bits per heavy atom. The molecule has 0 aliphatic carbocycles. The summed E-state index contributed by atoms with van der Waals surface area (Å²) in [5, 5.41) is 12.2. The number of anilines is 1. The van der Waals surface area contributed by atoms with Gasteiger partial charge in [-0.3, -0.25) is 0 Å². The third-order valence-electron chi connectivity index (χ3n) is 2.90. The highest BCUT2D eigenvalue weighted by Gasteiger charge is 2.15. The van der Waals surface area contributed by atoms with Crippen molar-refractivity contribution in [2.75, 3.05) is 38.2 Å². The van der Waals surface area contributed by atoms with Crippen LogP contribution in [0.1, 0.15) is 5.56 Å². The number of morpholine rings is 1. The molecule has 2 rings (SSSR count). The average Bonchev–Trinajstić information content (AvgIpc) is 2.40. The molecule has 1 heterocycles. The molecule has 1 saturated heterocycles. The lowest BCUT2D eigenvalue weighted by Crippen LogP contribution is -2.44. The van der Waals surface area contributed by atoms with Crippen LogP contribution in [-0.2, 0) is 4.74 Å². The largest absolute Gasteiger partial charge is 0.374 e. The van der Waals surface area contributed by atoms with E-state index < -0.39 is 0 Å². The van der Waals surface area contributed by atoms with Crippen molar-refractivity contribution in [3.8, 4) is 6.07 Å². The Kier molecular flexibility index (Phi) is 3.97. The molecule has 4 heteroatoms. The molecule has 0 saturated carbocycles. The highest BCUT2D eigenvalue weighted by molar-refractivity contribution is 5.50. The first-order valence-electron chi connectivity index (χ1n) is 5.83. The molecule has 1 aromatic rings. The van der Waals surface area contributed by atoms with Crippen molar-refractivity contribution in [3.05, 3.63) is 29.8 Å². The predicted molar refractivity (Wildman–Crippen MR) is 67.0 cm³/mol. The molecule has 90 valence electrons. The number of nitrogens with one attached hydrogen (secondary N) is 1. The van der Waals surface area contributed by atoms with Gasteiger partial charge in [-0.25, -0.2) is 0 Å². The molecule has 1 aliphatic rings. The maximum atomic E-state index is 8.86. The number of hydrogen-bond donors (Lipinski definition) is 1. The van der Waals surface area contributed by atoms with Crippen molar-refractivity contribution >= 4 is 5.69 Å². The van der Waals surface area contributed by atoms with E-state index in [0.717, 1.165) is 31.9 Å². The number of nitrogens with zero attached hydrogens (tertiary/aromatic N) is 2. The SMILES string of the molecule is CN(CC1CNCCO1)c1cccc(C#N)c1. The fourth-order valence-electron chi connectivity index (χ4n) is 1.96. The third kappa shape index (κ3) is 3.19. The minimum Gasteiger partial charge on any atom is -0.374 e. The summed E-state index contributed by atoms with van der Waals surface area (Å²) >= 11 is 0. The van der Waals surface area contributed by atoms with Crippen molar-refractivity contribution < 1.29 is 4.74 Å². The summed E-state index contributed by atoms with van der Waals surface area (Å²) < 4.78 is 5.66. The Labute approximate surface area is 102 Å². The second-order valence-electron chi connectivity index (χ2n) is 4.24. The Morgan fingerprint density at radius 1 is 1.59 bits per heavy atom. The van der Waals surface area contributed by atoms with Crippen molar-refractivity contribution in [2.45, 2.75) is 6.10 Å². The van der Waals surface area contributed by atoms with Gasteiger partial charge in [-0.05, 0) is 18.2 Å². The van der Waals surface area contributed by atoms with E-state index in [1.54, 1.807) is 0 Å². The molecule has 1 aromatic carbocycles. The van der Waals surface area contributed by atoms with E-state index in [0.29, 0.717) is 5.56 Å². The first-order valence-corrected chi connectivity index (χ1v) is 5.83. The predicted octanol–water partition coefficient (Wildman–Crippen LogP) is 0.983. The van der Waals surface area contributed by atoms with Crippen LogP contribution < -0.4 is 10.2 Å². The lowest BCUT2D eigenvalue weighted by atomic mass is 10.2. The van der Waals surface area contributed by atoms with Crippen LogP contribution >= 0.6 is 0 Å². The van der Waals surface area contributed by atoms with E-state index in [4.69, 9.17) is 10.00 Å². The summed E-state index contributed by atoms with van der Waals surface area (Å²) in [5.41, 5.74) is 1.75. The van der Waals surface area contributed by atoms with E-state index in [1.165, 1.54) is 0 Å². The van der Waals surface area contributed by atoms with Gasteiger partial charge in [0.25, 0.3) is 0 Å². The second-order valence-corrected chi connectivity index (χ2v) is 4.24. The maximum absolute atomic E-state index is 8.86. The summed E-state index contributed by atoms with van der Waals surface area (Å²) in [6.45, 7) is 3.44. The number of hydrogen-bond acceptors (Lipinski definition) is 4. The van der Waals surface area contributed by atoms with Crippen LogP contribution in [-0.4, -0.2) is 39.4 Å². The zero-order valence-corrected chi connectivity index (χ0v) is 10.0. The lowest BCUT2D eigenvalue weighted by Gasteiger charge is -2.29. The van der Waals surface area contributed by atoms with E-state index in [9.17, 15) is 0 Å². The van der Waals surface area contributed by atoms with Gasteiger partial charge in [-0.2, -0.15) is 5.26 Å². The molecule has 17 heavy (non-hydrogen) atoms. The molecule has 1 aliphatic heterocycles. The van der Waals surface area contributed by atoms with Crippen LogP contribution in [0.15, 0.2) is 24.3 Å². The van der Waals surface area contributed by atoms with Gasteiger partial charge in [0.15, 0.2) is 0 Å². The molecule has 0 radical (unpaired) electrons. The highest BCUT2D eigenvalue weighted by atomic mass is 16.5. The first kappa shape index (κ1) is 11.9. The first-order chi connectivity index (χ1) is 8.29. The van der Waals surface area contributed by atoms with Crippen LogP contribution in [0.25, 0.3) is 0 Å². The number of rotatable bonds is 3. The molecule has 1 N–H and O–H groups in total. The second kappa shape index (κ2) is 5.67. The van der Waals surface area contributed by atoms with Crippen molar-refractivity contribution in [1.82, 2.24) is 5.32 Å². The van der Waals surface area contributed by atoms with Crippen molar-refractivity contribution in [1.29, 1.82) is 5.26 Å². The van der Waals surface area contributed by atoms with E-state index >= 15 is 0 Å². The molecule has 1 atom stereocenters. The van der Waals surface area contributed by atoms with E-state index in [1.807, 2.05) is 31.3 Å². The molecule has 0 spiro atoms. The smallest absolute Gasteiger partial charge is 0.0992 e. The van der Waals surface area contributed by atoms with Gasteiger partial charge in [0, 0.05) is 32.4 Å². The van der Waals surface area contributed by atoms with Crippen LogP contribution in [0.3, 0.4) is 0 Å². The summed E-state index contributed by atoms with van der Waals surface area (Å²) in [5.74, 6) is 0. The van der Waals surface area contributed by atoms with Gasteiger partial charge in [0.1, 0.15) is 0 Å². The summed E-state index contributed by atoms with van der Waals surface area (Å²) in [6, 6.07) is 9.79. The summed E-state index contributed by atoms with van der Waals surface area (Å²) in [4.78, 5) is 2.12. The maximum Gasteiger partial charge on any atom is 0.0992 e. The molecule has 4 nitrogen and oxygen atoms in total. The minimum absolute atomic E-state index is 0.222. The average molecular weight is 231 g/mol. The standard InChI is InChI=1S/C13H17N3O/c1-16(10-13-9-15-5-6-17-13)12-4-2-3-11(7-12)8-14/h2-4,7,13,15H,5-6,9-10H2,1H3. The Hall–Kier alpha value is -1.57. The fourth-order valence-corrected chi connectivity index (χ4v) is 1.96. The molecular formula is C13H17N3O. The van der Waals surface area contributed by atoms with Gasteiger partial charge in [0.05, 0.1) is 24.3 Å². The Bertz CT molecular complexity index is 407.